The predicted molar refractivity (Wildman–Crippen MR) is 86.5 cm³/mol. The molecule has 0 aliphatic heterocycles. The molecule has 1 N–H and O–H groups in total. The van der Waals surface area contributed by atoms with Gasteiger partial charge < -0.3 is 10.1 Å². The quantitative estimate of drug-likeness (QED) is 0.678. The lowest BCUT2D eigenvalue weighted by Crippen LogP contribution is -2.17. The number of rotatable bonds is 5. The normalized spacial score (nSPS) is 10.1. The summed E-state index contributed by atoms with van der Waals surface area (Å²) in [6.07, 6.45) is -0.181. The van der Waals surface area contributed by atoms with Crippen LogP contribution in [0.5, 0.6) is 5.75 Å². The van der Waals surface area contributed by atoms with Gasteiger partial charge in [0.25, 0.3) is 0 Å². The third-order valence-corrected chi connectivity index (χ3v) is 3.40. The molecule has 0 bridgehead atoms. The van der Waals surface area contributed by atoms with Crippen LogP contribution in [0.1, 0.15) is 27.9 Å². The molecular weight excluding hydrogens is 278 g/mol. The van der Waals surface area contributed by atoms with Gasteiger partial charge in [-0.1, -0.05) is 12.1 Å². The summed E-state index contributed by atoms with van der Waals surface area (Å²) < 4.78 is 5.04. The van der Waals surface area contributed by atoms with Crippen LogP contribution in [0.4, 0.5) is 5.69 Å². The maximum atomic E-state index is 12.1. The van der Waals surface area contributed by atoms with Crippen molar-refractivity contribution in [1.29, 1.82) is 0 Å². The predicted octanol–water partition coefficient (Wildman–Crippen LogP) is 3.52. The number of amides is 1. The second kappa shape index (κ2) is 6.89. The van der Waals surface area contributed by atoms with Gasteiger partial charge in [-0.15, -0.1) is 0 Å². The van der Waals surface area contributed by atoms with Gasteiger partial charge in [-0.2, -0.15) is 0 Å². The van der Waals surface area contributed by atoms with Gasteiger partial charge in [0.05, 0.1) is 13.5 Å². The average Bonchev–Trinajstić information content (AvgIpc) is 2.51. The molecule has 2 rings (SSSR count). The topological polar surface area (TPSA) is 55.4 Å². The summed E-state index contributed by atoms with van der Waals surface area (Å²) >= 11 is 0. The summed E-state index contributed by atoms with van der Waals surface area (Å²) in [6.45, 7) is 3.87. The second-order valence-electron chi connectivity index (χ2n) is 5.20. The highest BCUT2D eigenvalue weighted by atomic mass is 16.5. The maximum absolute atomic E-state index is 12.1. The van der Waals surface area contributed by atoms with E-state index in [-0.39, 0.29) is 18.1 Å². The fourth-order valence-electron chi connectivity index (χ4n) is 2.09. The van der Waals surface area contributed by atoms with Crippen LogP contribution in [-0.4, -0.2) is 18.8 Å². The Balaban J connectivity index is 2.01. The van der Waals surface area contributed by atoms with Crippen molar-refractivity contribution in [3.05, 3.63) is 59.2 Å². The van der Waals surface area contributed by atoms with Crippen molar-refractivity contribution < 1.29 is 14.3 Å². The number of carbonyl (C=O) groups is 2. The Bertz CT molecular complexity index is 690. The van der Waals surface area contributed by atoms with Crippen LogP contribution in [-0.2, 0) is 4.79 Å². The zero-order valence-corrected chi connectivity index (χ0v) is 13.0. The van der Waals surface area contributed by atoms with E-state index in [2.05, 4.69) is 5.32 Å². The molecule has 4 nitrogen and oxygen atoms in total. The minimum atomic E-state index is -0.311. The van der Waals surface area contributed by atoms with E-state index in [9.17, 15) is 9.59 Å². The molecule has 114 valence electrons. The highest BCUT2D eigenvalue weighted by Gasteiger charge is 2.13. The Morgan fingerprint density at radius 3 is 2.36 bits per heavy atom. The van der Waals surface area contributed by atoms with Crippen molar-refractivity contribution >= 4 is 17.4 Å². The molecule has 0 aromatic heterocycles. The SMILES string of the molecule is COc1ccc(C(=O)CC(=O)Nc2cc(C)ccc2C)cc1. The third kappa shape index (κ3) is 3.95. The van der Waals surface area contributed by atoms with Crippen LogP contribution < -0.4 is 10.1 Å². The molecule has 0 saturated carbocycles. The molecule has 22 heavy (non-hydrogen) atoms. The number of Topliss-reactive ketones (excluding diaryl/α,β-unsaturated/α-hetero) is 1. The van der Waals surface area contributed by atoms with Gasteiger partial charge in [0.1, 0.15) is 5.75 Å². The number of ketones is 1. The van der Waals surface area contributed by atoms with E-state index < -0.39 is 0 Å². The molecule has 0 spiro atoms. The van der Waals surface area contributed by atoms with Crippen LogP contribution in [0.15, 0.2) is 42.5 Å². The summed E-state index contributed by atoms with van der Waals surface area (Å²) in [4.78, 5) is 24.1. The van der Waals surface area contributed by atoms with E-state index in [1.54, 1.807) is 31.4 Å². The first kappa shape index (κ1) is 15.8. The number of benzene rings is 2. The highest BCUT2D eigenvalue weighted by Crippen LogP contribution is 2.17. The number of nitrogens with one attached hydrogen (secondary N) is 1. The third-order valence-electron chi connectivity index (χ3n) is 3.40. The maximum Gasteiger partial charge on any atom is 0.232 e. The van der Waals surface area contributed by atoms with Gasteiger partial charge in [-0.05, 0) is 55.3 Å². The second-order valence-corrected chi connectivity index (χ2v) is 5.20. The molecule has 0 radical (unpaired) electrons. The van der Waals surface area contributed by atoms with Crippen molar-refractivity contribution in [2.75, 3.05) is 12.4 Å². The van der Waals surface area contributed by atoms with Crippen molar-refractivity contribution in [2.45, 2.75) is 20.3 Å². The molecule has 2 aromatic carbocycles. The van der Waals surface area contributed by atoms with E-state index >= 15 is 0 Å². The molecule has 0 heterocycles. The Morgan fingerprint density at radius 2 is 1.73 bits per heavy atom. The van der Waals surface area contributed by atoms with Crippen molar-refractivity contribution in [1.82, 2.24) is 0 Å². The molecule has 2 aromatic rings. The number of carbonyl (C=O) groups excluding carboxylic acids is 2. The van der Waals surface area contributed by atoms with Crippen LogP contribution >= 0.6 is 0 Å². The Kier molecular flexibility index (Phi) is 4.94. The molecule has 0 unspecified atom stereocenters. The number of ether oxygens (including phenoxy) is 1. The summed E-state index contributed by atoms with van der Waals surface area (Å²) in [5.74, 6) is 0.149. The first-order chi connectivity index (χ1) is 10.5. The Hall–Kier alpha value is -2.62. The summed E-state index contributed by atoms with van der Waals surface area (Å²) in [7, 11) is 1.56. The molecule has 0 aliphatic rings. The standard InChI is InChI=1S/C18H19NO3/c1-12-4-5-13(2)16(10-12)19-18(21)11-17(20)14-6-8-15(22-3)9-7-14/h4-10H,11H2,1-3H3,(H,19,21). The fraction of sp³-hybridized carbons (Fsp3) is 0.222. The lowest BCUT2D eigenvalue weighted by molar-refractivity contribution is -0.115. The minimum Gasteiger partial charge on any atom is -0.497 e. The lowest BCUT2D eigenvalue weighted by atomic mass is 10.1. The molecule has 0 saturated heterocycles. The van der Waals surface area contributed by atoms with E-state index in [0.717, 1.165) is 16.8 Å². The molecule has 0 atom stereocenters. The van der Waals surface area contributed by atoms with Gasteiger partial charge in [0, 0.05) is 11.3 Å². The van der Waals surface area contributed by atoms with E-state index in [1.807, 2.05) is 32.0 Å². The minimum absolute atomic E-state index is 0.181. The van der Waals surface area contributed by atoms with Gasteiger partial charge in [-0.3, -0.25) is 9.59 Å². The largest absolute Gasteiger partial charge is 0.497 e. The van der Waals surface area contributed by atoms with E-state index in [4.69, 9.17) is 4.74 Å². The molecular formula is C18H19NO3. The summed E-state index contributed by atoms with van der Waals surface area (Å²) in [5, 5.41) is 2.79. The van der Waals surface area contributed by atoms with Crippen LogP contribution in [0.2, 0.25) is 0 Å². The first-order valence-corrected chi connectivity index (χ1v) is 7.04. The number of anilines is 1. The smallest absolute Gasteiger partial charge is 0.232 e. The summed E-state index contributed by atoms with van der Waals surface area (Å²) in [6, 6.07) is 12.5. The molecule has 4 heteroatoms. The van der Waals surface area contributed by atoms with Crippen LogP contribution in [0, 0.1) is 13.8 Å². The lowest BCUT2D eigenvalue weighted by Gasteiger charge is -2.09. The zero-order chi connectivity index (χ0) is 16.1. The Morgan fingerprint density at radius 1 is 1.05 bits per heavy atom. The summed E-state index contributed by atoms with van der Waals surface area (Å²) in [5.41, 5.74) is 3.27. The Labute approximate surface area is 130 Å². The van der Waals surface area contributed by atoms with Gasteiger partial charge in [0.15, 0.2) is 5.78 Å². The monoisotopic (exact) mass is 297 g/mol. The van der Waals surface area contributed by atoms with Crippen LogP contribution in [0.25, 0.3) is 0 Å². The first-order valence-electron chi connectivity index (χ1n) is 7.04. The molecule has 1 amide bonds. The number of hydrogen-bond donors (Lipinski definition) is 1. The number of hydrogen-bond acceptors (Lipinski definition) is 3. The van der Waals surface area contributed by atoms with Gasteiger partial charge in [0.2, 0.25) is 5.91 Å². The van der Waals surface area contributed by atoms with Crippen molar-refractivity contribution in [3.63, 3.8) is 0 Å². The van der Waals surface area contributed by atoms with Gasteiger partial charge >= 0.3 is 0 Å². The van der Waals surface area contributed by atoms with Gasteiger partial charge in [-0.25, -0.2) is 0 Å². The van der Waals surface area contributed by atoms with Crippen molar-refractivity contribution in [2.24, 2.45) is 0 Å². The van der Waals surface area contributed by atoms with Crippen LogP contribution in [0.3, 0.4) is 0 Å². The van der Waals surface area contributed by atoms with Crippen molar-refractivity contribution in [3.8, 4) is 5.75 Å². The number of aryl methyl sites for hydroxylation is 2. The fourth-order valence-corrected chi connectivity index (χ4v) is 2.09. The molecule has 0 fully saturated rings. The van der Waals surface area contributed by atoms with E-state index in [0.29, 0.717) is 11.3 Å². The van der Waals surface area contributed by atoms with E-state index in [1.165, 1.54) is 0 Å². The number of methoxy groups -OCH3 is 1. The average molecular weight is 297 g/mol. The molecule has 0 aliphatic carbocycles. The zero-order valence-electron chi connectivity index (χ0n) is 13.0. The highest BCUT2D eigenvalue weighted by molar-refractivity contribution is 6.11.